The first-order valence-corrected chi connectivity index (χ1v) is 5.57. The van der Waals surface area contributed by atoms with Crippen molar-refractivity contribution in [3.05, 3.63) is 60.1 Å². The van der Waals surface area contributed by atoms with E-state index in [-0.39, 0.29) is 0 Å². The van der Waals surface area contributed by atoms with Crippen molar-refractivity contribution < 1.29 is 19.1 Å². The monoisotopic (exact) mass is 244 g/mol. The van der Waals surface area contributed by atoms with Gasteiger partial charge in [0, 0.05) is 25.0 Å². The Morgan fingerprint density at radius 3 is 1.67 bits per heavy atom. The maximum absolute atomic E-state index is 11.3. The fraction of sp³-hybridized carbons (Fsp3) is 0.143. The lowest BCUT2D eigenvalue weighted by Crippen LogP contribution is -2.03. The molecule has 0 bridgehead atoms. The lowest BCUT2D eigenvalue weighted by atomic mass is 10.4. The van der Waals surface area contributed by atoms with E-state index in [2.05, 4.69) is 0 Å². The van der Waals surface area contributed by atoms with Crippen LogP contribution in [0.4, 0.5) is 0 Å². The van der Waals surface area contributed by atoms with Crippen LogP contribution in [0.5, 0.6) is 0 Å². The average molecular weight is 244 g/mol. The molecule has 0 amide bonds. The van der Waals surface area contributed by atoms with Gasteiger partial charge in [-0.05, 0) is 12.2 Å². The molecule has 0 aromatic rings. The van der Waals surface area contributed by atoms with Crippen molar-refractivity contribution in [2.45, 2.75) is 12.8 Å². The van der Waals surface area contributed by atoms with Crippen LogP contribution in [0.1, 0.15) is 12.8 Å². The second-order valence-corrected chi connectivity index (χ2v) is 3.71. The zero-order chi connectivity index (χ0) is 12.8. The Labute approximate surface area is 105 Å². The first-order valence-electron chi connectivity index (χ1n) is 5.57. The van der Waals surface area contributed by atoms with Crippen molar-refractivity contribution in [3.63, 3.8) is 0 Å². The number of esters is 2. The van der Waals surface area contributed by atoms with Crippen molar-refractivity contribution in [1.29, 1.82) is 0 Å². The molecule has 4 nitrogen and oxygen atoms in total. The number of rotatable bonds is 4. The van der Waals surface area contributed by atoms with Crippen molar-refractivity contribution in [1.82, 2.24) is 0 Å². The molecule has 0 atom stereocenters. The highest BCUT2D eigenvalue weighted by Gasteiger charge is 2.08. The number of allylic oxidation sites excluding steroid dienone is 6. The molecule has 4 heteroatoms. The van der Waals surface area contributed by atoms with Crippen molar-refractivity contribution in [3.8, 4) is 0 Å². The molecule has 0 saturated heterocycles. The third-order valence-electron chi connectivity index (χ3n) is 2.29. The van der Waals surface area contributed by atoms with E-state index >= 15 is 0 Å². The summed E-state index contributed by atoms with van der Waals surface area (Å²) in [6.45, 7) is 0. The maximum atomic E-state index is 11.3. The van der Waals surface area contributed by atoms with E-state index < -0.39 is 11.9 Å². The summed E-state index contributed by atoms with van der Waals surface area (Å²) >= 11 is 0. The molecule has 2 aliphatic rings. The van der Waals surface area contributed by atoms with Crippen molar-refractivity contribution >= 4 is 11.9 Å². The normalized spacial score (nSPS) is 16.9. The Morgan fingerprint density at radius 2 is 1.33 bits per heavy atom. The van der Waals surface area contributed by atoms with Crippen molar-refractivity contribution in [2.75, 3.05) is 0 Å². The highest BCUT2D eigenvalue weighted by Crippen LogP contribution is 2.13. The van der Waals surface area contributed by atoms with E-state index in [1.807, 2.05) is 12.2 Å². The summed E-state index contributed by atoms with van der Waals surface area (Å²) in [6.07, 6.45) is 14.1. The molecule has 92 valence electrons. The molecule has 0 aromatic heterocycles. The molecule has 0 unspecified atom stereocenters. The number of ether oxygens (including phenoxy) is 2. The lowest BCUT2D eigenvalue weighted by Gasteiger charge is -2.01. The summed E-state index contributed by atoms with van der Waals surface area (Å²) in [4.78, 5) is 22.7. The van der Waals surface area contributed by atoms with Gasteiger partial charge < -0.3 is 9.47 Å². The van der Waals surface area contributed by atoms with Gasteiger partial charge in [-0.3, -0.25) is 0 Å². The van der Waals surface area contributed by atoms with Crippen LogP contribution in [0.2, 0.25) is 0 Å². The van der Waals surface area contributed by atoms with Gasteiger partial charge in [-0.1, -0.05) is 24.3 Å². The molecule has 18 heavy (non-hydrogen) atoms. The molecule has 0 aliphatic heterocycles. The minimum absolute atomic E-state index is 0.570. The second-order valence-electron chi connectivity index (χ2n) is 3.71. The van der Waals surface area contributed by atoms with Crippen LogP contribution in [0, 0.1) is 0 Å². The number of carbonyl (C=O) groups is 2. The zero-order valence-electron chi connectivity index (χ0n) is 9.67. The molecule has 0 aromatic carbocycles. The first-order chi connectivity index (χ1) is 8.74. The Morgan fingerprint density at radius 1 is 0.889 bits per heavy atom. The Hall–Kier alpha value is -2.36. The van der Waals surface area contributed by atoms with Gasteiger partial charge in [0.15, 0.2) is 0 Å². The van der Waals surface area contributed by atoms with E-state index in [0.29, 0.717) is 24.4 Å². The van der Waals surface area contributed by atoms with E-state index in [0.717, 1.165) is 12.2 Å². The molecule has 0 saturated carbocycles. The van der Waals surface area contributed by atoms with Gasteiger partial charge in [0.1, 0.15) is 11.5 Å². The quantitative estimate of drug-likeness (QED) is 0.562. The summed E-state index contributed by atoms with van der Waals surface area (Å²) in [5.41, 5.74) is 0. The molecule has 2 rings (SSSR count). The molecule has 0 spiro atoms. The van der Waals surface area contributed by atoms with Gasteiger partial charge in [-0.2, -0.15) is 0 Å². The lowest BCUT2D eigenvalue weighted by molar-refractivity contribution is -0.136. The predicted molar refractivity (Wildman–Crippen MR) is 65.0 cm³/mol. The predicted octanol–water partition coefficient (Wildman–Crippen LogP) is 2.32. The standard InChI is InChI=1S/C14H12O4/c15-13(17-11-5-1-2-6-11)9-10-14(16)18-12-7-3-4-8-12/h1-5,7,9-10H,6,8H2. The first kappa shape index (κ1) is 12.1. The van der Waals surface area contributed by atoms with Gasteiger partial charge in [0.05, 0.1) is 0 Å². The van der Waals surface area contributed by atoms with E-state index in [9.17, 15) is 9.59 Å². The van der Waals surface area contributed by atoms with Crippen LogP contribution in [-0.2, 0) is 19.1 Å². The fourth-order valence-corrected chi connectivity index (χ4v) is 1.47. The van der Waals surface area contributed by atoms with Gasteiger partial charge in [-0.15, -0.1) is 0 Å². The summed E-state index contributed by atoms with van der Waals surface area (Å²) in [7, 11) is 0. The van der Waals surface area contributed by atoms with Gasteiger partial charge >= 0.3 is 11.9 Å². The Balaban J connectivity index is 1.75. The van der Waals surface area contributed by atoms with E-state index in [1.54, 1.807) is 24.3 Å². The van der Waals surface area contributed by atoms with Crippen LogP contribution in [-0.4, -0.2) is 11.9 Å². The smallest absolute Gasteiger partial charge is 0.336 e. The minimum atomic E-state index is -0.583. The summed E-state index contributed by atoms with van der Waals surface area (Å²) < 4.78 is 9.94. The summed E-state index contributed by atoms with van der Waals surface area (Å²) in [6, 6.07) is 0. The van der Waals surface area contributed by atoms with E-state index in [4.69, 9.17) is 9.47 Å². The molecule has 0 N–H and O–H groups in total. The molecule has 2 aliphatic carbocycles. The molecular weight excluding hydrogens is 232 g/mol. The van der Waals surface area contributed by atoms with Crippen LogP contribution in [0.15, 0.2) is 60.1 Å². The largest absolute Gasteiger partial charge is 0.428 e. The number of hydrogen-bond acceptors (Lipinski definition) is 4. The SMILES string of the molecule is O=C(C=CC(=O)OC1=CC=CC1)OC1=CC=CC1. The maximum Gasteiger partial charge on any atom is 0.336 e. The number of carbonyl (C=O) groups excluding carboxylic acids is 2. The van der Waals surface area contributed by atoms with Gasteiger partial charge in [0.25, 0.3) is 0 Å². The summed E-state index contributed by atoms with van der Waals surface area (Å²) in [5.74, 6) is -0.0257. The topological polar surface area (TPSA) is 52.6 Å². The zero-order valence-corrected chi connectivity index (χ0v) is 9.67. The van der Waals surface area contributed by atoms with Crippen LogP contribution < -0.4 is 0 Å². The van der Waals surface area contributed by atoms with Crippen molar-refractivity contribution in [2.24, 2.45) is 0 Å². The third kappa shape index (κ3) is 3.59. The highest BCUT2D eigenvalue weighted by molar-refractivity contribution is 5.92. The molecule has 0 heterocycles. The van der Waals surface area contributed by atoms with Gasteiger partial charge in [0.2, 0.25) is 0 Å². The third-order valence-corrected chi connectivity index (χ3v) is 2.29. The van der Waals surface area contributed by atoms with E-state index in [1.165, 1.54) is 0 Å². The van der Waals surface area contributed by atoms with Crippen LogP contribution in [0.25, 0.3) is 0 Å². The average Bonchev–Trinajstić information content (AvgIpc) is 2.99. The highest BCUT2D eigenvalue weighted by atomic mass is 16.5. The second kappa shape index (κ2) is 5.82. The van der Waals surface area contributed by atoms with Gasteiger partial charge in [-0.25, -0.2) is 9.59 Å². The summed E-state index contributed by atoms with van der Waals surface area (Å²) in [5, 5.41) is 0. The Kier molecular flexibility index (Phi) is 3.91. The van der Waals surface area contributed by atoms with Crippen LogP contribution in [0.3, 0.4) is 0 Å². The van der Waals surface area contributed by atoms with Crippen LogP contribution >= 0.6 is 0 Å². The fourth-order valence-electron chi connectivity index (χ4n) is 1.47. The molecule has 0 radical (unpaired) electrons. The Bertz CT molecular complexity index is 458. The minimum Gasteiger partial charge on any atom is -0.428 e. The molecular formula is C14H12O4. The number of hydrogen-bond donors (Lipinski definition) is 0. The molecule has 0 fully saturated rings.